The molecule has 8 nitrogen and oxygen atoms in total. The molecule has 0 bridgehead atoms. The first kappa shape index (κ1) is 18.9. The first-order valence-corrected chi connectivity index (χ1v) is 8.95. The topological polar surface area (TPSA) is 96.7 Å². The predicted octanol–water partition coefficient (Wildman–Crippen LogP) is 2.56. The number of aromatic nitrogens is 1. The third-order valence-electron chi connectivity index (χ3n) is 4.34. The van der Waals surface area contributed by atoms with Gasteiger partial charge in [0.05, 0.1) is 12.6 Å². The molecule has 1 aromatic carbocycles. The smallest absolute Gasteiger partial charge is 0.321 e. The van der Waals surface area contributed by atoms with Crippen LogP contribution in [0.3, 0.4) is 0 Å². The van der Waals surface area contributed by atoms with Crippen LogP contribution in [0.2, 0.25) is 0 Å². The van der Waals surface area contributed by atoms with Gasteiger partial charge in [0.25, 0.3) is 5.91 Å². The molecular formula is C19H24N4O4. The zero-order valence-corrected chi connectivity index (χ0v) is 15.5. The maximum absolute atomic E-state index is 12.3. The number of aryl methyl sites for hydroxylation is 1. The Bertz CT molecular complexity index is 781. The van der Waals surface area contributed by atoms with Gasteiger partial charge < -0.3 is 24.8 Å². The van der Waals surface area contributed by atoms with Crippen molar-refractivity contribution in [3.8, 4) is 0 Å². The van der Waals surface area contributed by atoms with Gasteiger partial charge in [0, 0.05) is 37.5 Å². The van der Waals surface area contributed by atoms with Crippen LogP contribution in [-0.4, -0.2) is 48.3 Å². The van der Waals surface area contributed by atoms with Crippen LogP contribution < -0.4 is 10.6 Å². The Morgan fingerprint density at radius 1 is 1.30 bits per heavy atom. The molecule has 3 rings (SSSR count). The van der Waals surface area contributed by atoms with Gasteiger partial charge in [-0.1, -0.05) is 5.16 Å². The van der Waals surface area contributed by atoms with E-state index in [9.17, 15) is 9.59 Å². The molecule has 0 aliphatic carbocycles. The second-order valence-electron chi connectivity index (χ2n) is 6.64. The van der Waals surface area contributed by atoms with Gasteiger partial charge in [0.1, 0.15) is 11.5 Å². The molecule has 0 saturated carbocycles. The van der Waals surface area contributed by atoms with Crippen LogP contribution in [0.5, 0.6) is 0 Å². The number of urea groups is 1. The van der Waals surface area contributed by atoms with Crippen molar-refractivity contribution in [1.29, 1.82) is 0 Å². The van der Waals surface area contributed by atoms with Crippen LogP contribution in [-0.2, 0) is 11.3 Å². The maximum atomic E-state index is 12.3. The number of hydrogen-bond donors (Lipinski definition) is 2. The Kier molecular flexibility index (Phi) is 6.08. The zero-order chi connectivity index (χ0) is 19.2. The molecule has 2 heterocycles. The van der Waals surface area contributed by atoms with Crippen molar-refractivity contribution in [1.82, 2.24) is 15.4 Å². The molecule has 1 unspecified atom stereocenters. The Morgan fingerprint density at radius 3 is 2.70 bits per heavy atom. The van der Waals surface area contributed by atoms with Gasteiger partial charge in [-0.3, -0.25) is 4.79 Å². The Balaban J connectivity index is 1.48. The Hall–Kier alpha value is -2.87. The quantitative estimate of drug-likeness (QED) is 0.812. The van der Waals surface area contributed by atoms with E-state index >= 15 is 0 Å². The van der Waals surface area contributed by atoms with E-state index in [1.807, 2.05) is 0 Å². The summed E-state index contributed by atoms with van der Waals surface area (Å²) in [6, 6.07) is 8.28. The van der Waals surface area contributed by atoms with Gasteiger partial charge in [-0.15, -0.1) is 0 Å². The number of carbonyl (C=O) groups excluding carboxylic acids is 2. The second-order valence-corrected chi connectivity index (χ2v) is 6.64. The highest BCUT2D eigenvalue weighted by molar-refractivity contribution is 5.95. The largest absolute Gasteiger partial charge is 0.376 e. The third kappa shape index (κ3) is 5.30. The molecule has 27 heavy (non-hydrogen) atoms. The van der Waals surface area contributed by atoms with Crippen molar-refractivity contribution >= 4 is 17.6 Å². The van der Waals surface area contributed by atoms with Gasteiger partial charge in [0.15, 0.2) is 0 Å². The van der Waals surface area contributed by atoms with Crippen molar-refractivity contribution in [2.45, 2.75) is 32.4 Å². The molecule has 0 spiro atoms. The summed E-state index contributed by atoms with van der Waals surface area (Å²) in [5.74, 6) is 0.550. The zero-order valence-electron chi connectivity index (χ0n) is 15.5. The molecule has 144 valence electrons. The summed E-state index contributed by atoms with van der Waals surface area (Å²) < 4.78 is 10.5. The lowest BCUT2D eigenvalue weighted by Gasteiger charge is -2.16. The van der Waals surface area contributed by atoms with Crippen LogP contribution in [0.15, 0.2) is 34.9 Å². The number of amides is 3. The lowest BCUT2D eigenvalue weighted by atomic mass is 10.2. The number of hydrogen-bond acceptors (Lipinski definition) is 5. The molecule has 1 aromatic heterocycles. The van der Waals surface area contributed by atoms with Crippen LogP contribution in [0, 0.1) is 6.92 Å². The number of rotatable bonds is 6. The molecular weight excluding hydrogens is 348 g/mol. The van der Waals surface area contributed by atoms with Gasteiger partial charge in [-0.2, -0.15) is 0 Å². The monoisotopic (exact) mass is 372 g/mol. The van der Waals surface area contributed by atoms with E-state index in [2.05, 4.69) is 15.8 Å². The summed E-state index contributed by atoms with van der Waals surface area (Å²) >= 11 is 0. The highest BCUT2D eigenvalue weighted by atomic mass is 16.5. The van der Waals surface area contributed by atoms with Crippen LogP contribution >= 0.6 is 0 Å². The SMILES string of the molecule is Cc1cc(CN(C)C(=O)Nc2ccc(C(=O)NCC3CCCO3)cc2)no1. The second kappa shape index (κ2) is 8.68. The maximum Gasteiger partial charge on any atom is 0.321 e. The number of nitrogens with zero attached hydrogens (tertiary/aromatic N) is 2. The fourth-order valence-electron chi connectivity index (χ4n) is 2.85. The van der Waals surface area contributed by atoms with Crippen LogP contribution in [0.1, 0.15) is 34.7 Å². The van der Waals surface area contributed by atoms with Crippen molar-refractivity contribution in [3.05, 3.63) is 47.3 Å². The Labute approximate surface area is 157 Å². The van der Waals surface area contributed by atoms with E-state index in [0.717, 1.165) is 19.4 Å². The molecule has 3 amide bonds. The molecule has 8 heteroatoms. The van der Waals surface area contributed by atoms with Gasteiger partial charge in [-0.25, -0.2) is 4.79 Å². The molecule has 0 radical (unpaired) electrons. The van der Waals surface area contributed by atoms with Crippen LogP contribution in [0.4, 0.5) is 10.5 Å². The summed E-state index contributed by atoms with van der Waals surface area (Å²) in [6.07, 6.45) is 2.13. The highest BCUT2D eigenvalue weighted by Gasteiger charge is 2.17. The number of nitrogens with one attached hydrogen (secondary N) is 2. The minimum atomic E-state index is -0.272. The summed E-state index contributed by atoms with van der Waals surface area (Å²) in [5, 5.41) is 9.53. The van der Waals surface area contributed by atoms with E-state index in [1.54, 1.807) is 44.3 Å². The standard InChI is InChI=1S/C19H24N4O4/c1-13-10-16(22-27-13)12-23(2)19(25)21-15-7-5-14(6-8-15)18(24)20-11-17-4-3-9-26-17/h5-8,10,17H,3-4,9,11-12H2,1-2H3,(H,20,24)(H,21,25). The molecule has 2 N–H and O–H groups in total. The first-order chi connectivity index (χ1) is 13.0. The minimum absolute atomic E-state index is 0.108. The van der Waals surface area contributed by atoms with Crippen molar-refractivity contribution in [3.63, 3.8) is 0 Å². The van der Waals surface area contributed by atoms with E-state index in [4.69, 9.17) is 9.26 Å². The van der Waals surface area contributed by atoms with Crippen LogP contribution in [0.25, 0.3) is 0 Å². The summed E-state index contributed by atoms with van der Waals surface area (Å²) in [6.45, 7) is 3.42. The van der Waals surface area contributed by atoms with E-state index < -0.39 is 0 Å². The third-order valence-corrected chi connectivity index (χ3v) is 4.34. The average Bonchev–Trinajstić information content (AvgIpc) is 3.32. The lowest BCUT2D eigenvalue weighted by molar-refractivity contribution is 0.0858. The van der Waals surface area contributed by atoms with Crippen molar-refractivity contribution < 1.29 is 18.8 Å². The molecule has 1 fully saturated rings. The number of benzene rings is 1. The molecule has 1 aliphatic heterocycles. The molecule has 2 aromatic rings. The fourth-order valence-corrected chi connectivity index (χ4v) is 2.85. The van der Waals surface area contributed by atoms with Gasteiger partial charge >= 0.3 is 6.03 Å². The normalized spacial score (nSPS) is 16.1. The van der Waals surface area contributed by atoms with Crippen molar-refractivity contribution in [2.24, 2.45) is 0 Å². The van der Waals surface area contributed by atoms with Gasteiger partial charge in [-0.05, 0) is 44.0 Å². The van der Waals surface area contributed by atoms with Gasteiger partial charge in [0.2, 0.25) is 0 Å². The van der Waals surface area contributed by atoms with E-state index in [-0.39, 0.29) is 18.0 Å². The number of carbonyl (C=O) groups is 2. The number of anilines is 1. The predicted molar refractivity (Wildman–Crippen MR) is 99.5 cm³/mol. The fraction of sp³-hybridized carbons (Fsp3) is 0.421. The minimum Gasteiger partial charge on any atom is -0.376 e. The van der Waals surface area contributed by atoms with E-state index in [1.165, 1.54) is 4.90 Å². The molecule has 1 aliphatic rings. The average molecular weight is 372 g/mol. The Morgan fingerprint density at radius 2 is 2.07 bits per heavy atom. The summed E-state index contributed by atoms with van der Waals surface area (Å²) in [4.78, 5) is 25.9. The summed E-state index contributed by atoms with van der Waals surface area (Å²) in [7, 11) is 1.67. The first-order valence-electron chi connectivity index (χ1n) is 8.95. The lowest BCUT2D eigenvalue weighted by Crippen LogP contribution is -2.32. The highest BCUT2D eigenvalue weighted by Crippen LogP contribution is 2.13. The molecule has 1 atom stereocenters. The van der Waals surface area contributed by atoms with E-state index in [0.29, 0.717) is 35.8 Å². The summed E-state index contributed by atoms with van der Waals surface area (Å²) in [5.41, 5.74) is 1.83. The molecule has 1 saturated heterocycles. The van der Waals surface area contributed by atoms with Crippen molar-refractivity contribution in [2.75, 3.05) is 25.5 Å². The number of ether oxygens (including phenoxy) is 1.